The molecule has 4 atom stereocenters. The summed E-state index contributed by atoms with van der Waals surface area (Å²) < 4.78 is 6.29. The minimum Gasteiger partial charge on any atom is -0.496 e. The minimum atomic E-state index is -0.864. The molecule has 3 amide bonds. The molecule has 2 aromatic heterocycles. The first-order chi connectivity index (χ1) is 19.8. The van der Waals surface area contributed by atoms with Gasteiger partial charge in [0, 0.05) is 29.9 Å². The van der Waals surface area contributed by atoms with Crippen LogP contribution in [-0.4, -0.2) is 70.7 Å². The number of fused-ring (bicyclic) bond motifs is 2. The predicted octanol–water partition coefficient (Wildman–Crippen LogP) is 3.53. The van der Waals surface area contributed by atoms with Crippen molar-refractivity contribution in [2.75, 3.05) is 20.2 Å². The van der Waals surface area contributed by atoms with Crippen LogP contribution in [0.3, 0.4) is 0 Å². The van der Waals surface area contributed by atoms with Crippen molar-refractivity contribution < 1.29 is 23.9 Å². The zero-order chi connectivity index (χ0) is 28.7. The number of Topliss-reactive ketones (excluding diaryl/α,β-unsaturated/α-hetero) is 1. The van der Waals surface area contributed by atoms with Crippen molar-refractivity contribution >= 4 is 56.0 Å². The third-order valence-electron chi connectivity index (χ3n) is 7.98. The van der Waals surface area contributed by atoms with Crippen molar-refractivity contribution in [1.82, 2.24) is 25.5 Å². The van der Waals surface area contributed by atoms with E-state index in [-0.39, 0.29) is 35.9 Å². The van der Waals surface area contributed by atoms with Crippen LogP contribution >= 0.6 is 11.3 Å². The number of likely N-dealkylation sites (tertiary alicyclic amines) is 1. The first kappa shape index (κ1) is 26.9. The fourth-order valence-corrected chi connectivity index (χ4v) is 6.86. The first-order valence-corrected chi connectivity index (χ1v) is 14.6. The standard InChI is InChI=1S/C30H31N5O5S/c1-16-12-22(33-28(38)21-14-18-19(32-21)7-5-8-24(18)40-2)30(39)35(15-16)23(13-17-10-11-31-27(17)37)26(36)29-34-20-6-3-4-9-25(20)41-29/h3-9,14,16-17,22-23,32H,10-13,15H2,1-2H3,(H,31,37)(H,33,38)/t16?,17-,22?,23?/m0/s1. The summed E-state index contributed by atoms with van der Waals surface area (Å²) in [5, 5.41) is 6.81. The number of carbonyl (C=O) groups excluding carboxylic acids is 4. The first-order valence-electron chi connectivity index (χ1n) is 13.8. The van der Waals surface area contributed by atoms with Gasteiger partial charge >= 0.3 is 0 Å². The van der Waals surface area contributed by atoms with Gasteiger partial charge in [-0.3, -0.25) is 19.2 Å². The number of H-pyrrole nitrogens is 1. The molecule has 212 valence electrons. The maximum absolute atomic E-state index is 14.0. The molecule has 0 spiro atoms. The molecule has 3 unspecified atom stereocenters. The molecule has 10 nitrogen and oxygen atoms in total. The van der Waals surface area contributed by atoms with E-state index in [1.165, 1.54) is 11.3 Å². The molecule has 0 bridgehead atoms. The third kappa shape index (κ3) is 5.17. The number of carbonyl (C=O) groups is 4. The quantitative estimate of drug-likeness (QED) is 0.276. The van der Waals surface area contributed by atoms with Gasteiger partial charge in [-0.15, -0.1) is 11.3 Å². The van der Waals surface area contributed by atoms with Crippen LogP contribution in [-0.2, 0) is 9.59 Å². The predicted molar refractivity (Wildman–Crippen MR) is 155 cm³/mol. The molecule has 2 aromatic carbocycles. The van der Waals surface area contributed by atoms with Crippen LogP contribution in [0.25, 0.3) is 21.1 Å². The summed E-state index contributed by atoms with van der Waals surface area (Å²) in [7, 11) is 1.57. The van der Waals surface area contributed by atoms with Gasteiger partial charge in [0.25, 0.3) is 5.91 Å². The maximum atomic E-state index is 14.0. The van der Waals surface area contributed by atoms with Gasteiger partial charge in [0.2, 0.25) is 17.6 Å². The zero-order valence-corrected chi connectivity index (χ0v) is 23.6. The number of benzene rings is 2. The van der Waals surface area contributed by atoms with E-state index >= 15 is 0 Å². The van der Waals surface area contributed by atoms with E-state index in [9.17, 15) is 19.2 Å². The zero-order valence-electron chi connectivity index (χ0n) is 22.8. The number of hydrogen-bond donors (Lipinski definition) is 3. The molecule has 4 aromatic rings. The Morgan fingerprint density at radius 2 is 2.02 bits per heavy atom. The molecule has 2 aliphatic heterocycles. The SMILES string of the molecule is COc1cccc2[nH]c(C(=O)NC3CC(C)CN(C(C[C@@H]4CCNC4=O)C(=O)c4nc5ccccc5s4)C3=O)cc12. The molecule has 6 rings (SSSR count). The van der Waals surface area contributed by atoms with Crippen molar-refractivity contribution in [3.8, 4) is 5.75 Å². The van der Waals surface area contributed by atoms with Crippen molar-refractivity contribution in [3.63, 3.8) is 0 Å². The number of nitrogens with one attached hydrogen (secondary N) is 3. The van der Waals surface area contributed by atoms with Crippen molar-refractivity contribution in [2.45, 2.75) is 38.3 Å². The molecule has 0 saturated carbocycles. The van der Waals surface area contributed by atoms with Gasteiger partial charge in [-0.05, 0) is 55.5 Å². The Balaban J connectivity index is 1.28. The Morgan fingerprint density at radius 3 is 2.78 bits per heavy atom. The molecule has 41 heavy (non-hydrogen) atoms. The lowest BCUT2D eigenvalue weighted by Gasteiger charge is -2.40. The Bertz CT molecular complexity index is 1630. The average molecular weight is 574 g/mol. The lowest BCUT2D eigenvalue weighted by molar-refractivity contribution is -0.140. The summed E-state index contributed by atoms with van der Waals surface area (Å²) in [5.74, 6) is -0.854. The van der Waals surface area contributed by atoms with Gasteiger partial charge in [0.05, 0.1) is 23.4 Å². The number of aromatic nitrogens is 2. The van der Waals surface area contributed by atoms with Crippen LogP contribution < -0.4 is 15.4 Å². The Labute approximate surface area is 240 Å². The monoisotopic (exact) mass is 573 g/mol. The summed E-state index contributed by atoms with van der Waals surface area (Å²) in [4.78, 5) is 63.0. The minimum absolute atomic E-state index is 0.0175. The Kier molecular flexibility index (Phi) is 7.21. The van der Waals surface area contributed by atoms with E-state index < -0.39 is 18.0 Å². The van der Waals surface area contributed by atoms with E-state index in [1.807, 2.05) is 49.4 Å². The molecule has 0 radical (unpaired) electrons. The fraction of sp³-hybridized carbons (Fsp3) is 0.367. The lowest BCUT2D eigenvalue weighted by atomic mass is 9.89. The molecule has 0 aliphatic carbocycles. The van der Waals surface area contributed by atoms with Crippen molar-refractivity contribution in [3.05, 3.63) is 59.2 Å². The summed E-state index contributed by atoms with van der Waals surface area (Å²) in [5.41, 5.74) is 1.78. The normalized spacial score (nSPS) is 21.7. The second-order valence-corrected chi connectivity index (χ2v) is 11.9. The number of aromatic amines is 1. The molecule has 11 heteroatoms. The smallest absolute Gasteiger partial charge is 0.268 e. The highest BCUT2D eigenvalue weighted by Crippen LogP contribution is 2.31. The van der Waals surface area contributed by atoms with Crippen LogP contribution in [0.15, 0.2) is 48.5 Å². The molecule has 2 saturated heterocycles. The number of methoxy groups -OCH3 is 1. The number of hydrogen-bond acceptors (Lipinski definition) is 7. The molecular formula is C30H31N5O5S. The van der Waals surface area contributed by atoms with Gasteiger partial charge in [-0.2, -0.15) is 0 Å². The van der Waals surface area contributed by atoms with Crippen LogP contribution in [0, 0.1) is 11.8 Å². The number of nitrogens with zero attached hydrogens (tertiary/aromatic N) is 2. The van der Waals surface area contributed by atoms with Gasteiger partial charge in [0.1, 0.15) is 17.5 Å². The second kappa shape index (κ2) is 11.0. The number of ketones is 1. The molecule has 3 N–H and O–H groups in total. The largest absolute Gasteiger partial charge is 0.496 e. The highest BCUT2D eigenvalue weighted by Gasteiger charge is 2.43. The third-order valence-corrected chi connectivity index (χ3v) is 9.03. The molecular weight excluding hydrogens is 542 g/mol. The van der Waals surface area contributed by atoms with E-state index in [4.69, 9.17) is 4.74 Å². The molecule has 2 aliphatic rings. The summed E-state index contributed by atoms with van der Waals surface area (Å²) in [6, 6.07) is 13.0. The number of amides is 3. The van der Waals surface area contributed by atoms with Crippen LogP contribution in [0.2, 0.25) is 0 Å². The van der Waals surface area contributed by atoms with Gasteiger partial charge in [-0.25, -0.2) is 4.98 Å². The van der Waals surface area contributed by atoms with E-state index in [0.717, 1.165) is 21.1 Å². The number of piperidine rings is 1. The Morgan fingerprint density at radius 1 is 1.20 bits per heavy atom. The van der Waals surface area contributed by atoms with Crippen LogP contribution in [0.4, 0.5) is 0 Å². The van der Waals surface area contributed by atoms with E-state index in [0.29, 0.717) is 42.4 Å². The van der Waals surface area contributed by atoms with Crippen LogP contribution in [0.1, 0.15) is 46.5 Å². The van der Waals surface area contributed by atoms with Gasteiger partial charge in [-0.1, -0.05) is 25.1 Å². The van der Waals surface area contributed by atoms with Gasteiger partial charge in [0.15, 0.2) is 5.01 Å². The van der Waals surface area contributed by atoms with Crippen molar-refractivity contribution in [1.29, 1.82) is 0 Å². The average Bonchev–Trinajstić information content (AvgIpc) is 3.71. The fourth-order valence-electron chi connectivity index (χ4n) is 5.90. The number of thiazole rings is 1. The van der Waals surface area contributed by atoms with E-state index in [2.05, 4.69) is 20.6 Å². The number of ether oxygens (including phenoxy) is 1. The Hall–Kier alpha value is -4.25. The topological polar surface area (TPSA) is 133 Å². The van der Waals surface area contributed by atoms with E-state index in [1.54, 1.807) is 18.1 Å². The number of para-hydroxylation sites is 1. The highest BCUT2D eigenvalue weighted by molar-refractivity contribution is 7.20. The summed E-state index contributed by atoms with van der Waals surface area (Å²) in [6.07, 6.45) is 1.25. The van der Waals surface area contributed by atoms with Crippen LogP contribution in [0.5, 0.6) is 5.75 Å². The van der Waals surface area contributed by atoms with Gasteiger partial charge < -0.3 is 25.3 Å². The summed E-state index contributed by atoms with van der Waals surface area (Å²) >= 11 is 1.29. The highest BCUT2D eigenvalue weighted by atomic mass is 32.1. The summed E-state index contributed by atoms with van der Waals surface area (Å²) in [6.45, 7) is 2.89. The molecule has 2 fully saturated rings. The molecule has 4 heterocycles. The lowest BCUT2D eigenvalue weighted by Crippen LogP contribution is -2.59. The van der Waals surface area contributed by atoms with Crippen molar-refractivity contribution in [2.24, 2.45) is 11.8 Å². The maximum Gasteiger partial charge on any atom is 0.268 e. The number of rotatable bonds is 8. The second-order valence-electron chi connectivity index (χ2n) is 10.8.